The molecule has 122 valence electrons. The number of nitrogens with two attached hydrogens (primary N) is 1. The van der Waals surface area contributed by atoms with Gasteiger partial charge < -0.3 is 20.5 Å². The zero-order valence-corrected chi connectivity index (χ0v) is 13.2. The second-order valence-corrected chi connectivity index (χ2v) is 7.16. The van der Waals surface area contributed by atoms with E-state index in [4.69, 9.17) is 10.5 Å². The number of likely N-dealkylation sites (tertiary alicyclic amines) is 1. The van der Waals surface area contributed by atoms with E-state index in [0.29, 0.717) is 5.92 Å². The highest BCUT2D eigenvalue weighted by Crippen LogP contribution is 2.36. The molecule has 3 rings (SSSR count). The number of ether oxygens (including phenoxy) is 1. The Kier molecular flexibility index (Phi) is 5.17. The van der Waals surface area contributed by atoms with Crippen LogP contribution in [0.1, 0.15) is 32.1 Å². The van der Waals surface area contributed by atoms with Crippen molar-refractivity contribution in [1.82, 2.24) is 9.80 Å². The fraction of sp³-hybridized carbons (Fsp3) is 1.00. The molecule has 3 atom stereocenters. The molecule has 5 heteroatoms. The fourth-order valence-corrected chi connectivity index (χ4v) is 4.40. The molecule has 2 aliphatic heterocycles. The molecule has 0 amide bonds. The van der Waals surface area contributed by atoms with Gasteiger partial charge in [-0.2, -0.15) is 0 Å². The van der Waals surface area contributed by atoms with Crippen molar-refractivity contribution in [3.05, 3.63) is 0 Å². The van der Waals surface area contributed by atoms with Gasteiger partial charge in [-0.05, 0) is 44.7 Å². The Hall–Kier alpha value is -0.200. The third-order valence-electron chi connectivity index (χ3n) is 5.91. The molecule has 0 aromatic heterocycles. The first-order valence-electron chi connectivity index (χ1n) is 8.65. The SMILES string of the molecule is NC1(CO)CCCC1CCN1CCC(N2CCOCC2)C1. The van der Waals surface area contributed by atoms with Gasteiger partial charge in [0.2, 0.25) is 0 Å². The Morgan fingerprint density at radius 1 is 1.19 bits per heavy atom. The van der Waals surface area contributed by atoms with E-state index in [0.717, 1.165) is 51.7 Å². The van der Waals surface area contributed by atoms with Crippen molar-refractivity contribution in [1.29, 1.82) is 0 Å². The molecule has 0 aromatic rings. The minimum atomic E-state index is -0.302. The van der Waals surface area contributed by atoms with Crippen LogP contribution in [0.5, 0.6) is 0 Å². The number of rotatable bonds is 5. The third-order valence-corrected chi connectivity index (χ3v) is 5.91. The molecule has 21 heavy (non-hydrogen) atoms. The largest absolute Gasteiger partial charge is 0.394 e. The molecule has 3 fully saturated rings. The Balaban J connectivity index is 1.42. The molecule has 0 spiro atoms. The van der Waals surface area contributed by atoms with Crippen molar-refractivity contribution in [2.75, 3.05) is 52.5 Å². The second-order valence-electron chi connectivity index (χ2n) is 7.16. The lowest BCUT2D eigenvalue weighted by atomic mass is 9.86. The van der Waals surface area contributed by atoms with E-state index in [1.54, 1.807) is 0 Å². The maximum Gasteiger partial charge on any atom is 0.0613 e. The molecule has 0 bridgehead atoms. The molecular weight excluding hydrogens is 266 g/mol. The van der Waals surface area contributed by atoms with Crippen LogP contribution >= 0.6 is 0 Å². The van der Waals surface area contributed by atoms with Crippen molar-refractivity contribution in [2.24, 2.45) is 11.7 Å². The van der Waals surface area contributed by atoms with Crippen molar-refractivity contribution < 1.29 is 9.84 Å². The highest BCUT2D eigenvalue weighted by Gasteiger charge is 2.39. The van der Waals surface area contributed by atoms with E-state index in [-0.39, 0.29) is 12.1 Å². The zero-order chi connectivity index (χ0) is 14.7. The van der Waals surface area contributed by atoms with E-state index in [2.05, 4.69) is 9.80 Å². The number of hydrogen-bond acceptors (Lipinski definition) is 5. The summed E-state index contributed by atoms with van der Waals surface area (Å²) in [6.45, 7) is 7.68. The van der Waals surface area contributed by atoms with Gasteiger partial charge in [0, 0.05) is 31.2 Å². The number of hydrogen-bond donors (Lipinski definition) is 2. The summed E-state index contributed by atoms with van der Waals surface area (Å²) in [5.41, 5.74) is 6.04. The van der Waals surface area contributed by atoms with Crippen LogP contribution in [0.3, 0.4) is 0 Å². The van der Waals surface area contributed by atoms with E-state index in [9.17, 15) is 5.11 Å². The number of nitrogens with zero attached hydrogens (tertiary/aromatic N) is 2. The summed E-state index contributed by atoms with van der Waals surface area (Å²) in [6, 6.07) is 0.720. The number of aliphatic hydroxyl groups excluding tert-OH is 1. The molecule has 0 aromatic carbocycles. The van der Waals surface area contributed by atoms with Gasteiger partial charge in [0.25, 0.3) is 0 Å². The van der Waals surface area contributed by atoms with Crippen LogP contribution in [0.25, 0.3) is 0 Å². The van der Waals surface area contributed by atoms with Gasteiger partial charge in [0.15, 0.2) is 0 Å². The quantitative estimate of drug-likeness (QED) is 0.763. The Labute approximate surface area is 128 Å². The Morgan fingerprint density at radius 3 is 2.76 bits per heavy atom. The molecule has 0 radical (unpaired) electrons. The maximum atomic E-state index is 9.54. The van der Waals surface area contributed by atoms with Crippen molar-refractivity contribution >= 4 is 0 Å². The molecule has 2 heterocycles. The lowest BCUT2D eigenvalue weighted by Gasteiger charge is -2.33. The summed E-state index contributed by atoms with van der Waals surface area (Å²) in [6.07, 6.45) is 5.80. The van der Waals surface area contributed by atoms with E-state index < -0.39 is 0 Å². The average molecular weight is 297 g/mol. The molecule has 3 N–H and O–H groups in total. The van der Waals surface area contributed by atoms with Crippen LogP contribution in [0.4, 0.5) is 0 Å². The van der Waals surface area contributed by atoms with Crippen LogP contribution in [0, 0.1) is 5.92 Å². The van der Waals surface area contributed by atoms with Gasteiger partial charge in [0.05, 0.1) is 19.8 Å². The average Bonchev–Trinajstić information content (AvgIpc) is 3.13. The first-order chi connectivity index (χ1) is 10.2. The molecule has 1 saturated carbocycles. The van der Waals surface area contributed by atoms with E-state index >= 15 is 0 Å². The smallest absolute Gasteiger partial charge is 0.0613 e. The summed E-state index contributed by atoms with van der Waals surface area (Å²) < 4.78 is 5.44. The van der Waals surface area contributed by atoms with Crippen molar-refractivity contribution in [2.45, 2.75) is 43.7 Å². The predicted molar refractivity (Wildman–Crippen MR) is 83.2 cm³/mol. The van der Waals surface area contributed by atoms with Gasteiger partial charge in [-0.15, -0.1) is 0 Å². The molecular formula is C16H31N3O2. The molecule has 1 aliphatic carbocycles. The summed E-state index contributed by atoms with van der Waals surface area (Å²) in [5.74, 6) is 0.505. The molecule has 3 aliphatic rings. The standard InChI is InChI=1S/C16H31N3O2/c17-16(13-20)5-1-2-14(16)3-6-18-7-4-15(12-18)19-8-10-21-11-9-19/h14-15,20H,1-13,17H2. The zero-order valence-electron chi connectivity index (χ0n) is 13.2. The van der Waals surface area contributed by atoms with Gasteiger partial charge >= 0.3 is 0 Å². The van der Waals surface area contributed by atoms with Gasteiger partial charge in [0.1, 0.15) is 0 Å². The highest BCUT2D eigenvalue weighted by atomic mass is 16.5. The van der Waals surface area contributed by atoms with Crippen LogP contribution < -0.4 is 5.73 Å². The van der Waals surface area contributed by atoms with Crippen LogP contribution in [0.15, 0.2) is 0 Å². The first-order valence-corrected chi connectivity index (χ1v) is 8.65. The topological polar surface area (TPSA) is 62.0 Å². The maximum absolute atomic E-state index is 9.54. The second kappa shape index (κ2) is 6.92. The highest BCUT2D eigenvalue weighted by molar-refractivity contribution is 4.96. The van der Waals surface area contributed by atoms with Crippen LogP contribution in [-0.4, -0.2) is 79.0 Å². The predicted octanol–water partition coefficient (Wildman–Crippen LogP) is 0.273. The van der Waals surface area contributed by atoms with Gasteiger partial charge in [-0.1, -0.05) is 6.42 Å². The molecule has 3 unspecified atom stereocenters. The van der Waals surface area contributed by atoms with E-state index in [1.807, 2.05) is 0 Å². The summed E-state index contributed by atoms with van der Waals surface area (Å²) >= 11 is 0. The molecule has 2 saturated heterocycles. The van der Waals surface area contributed by atoms with E-state index in [1.165, 1.54) is 32.4 Å². The third kappa shape index (κ3) is 3.59. The summed E-state index contributed by atoms with van der Waals surface area (Å²) in [5, 5.41) is 9.54. The molecule has 5 nitrogen and oxygen atoms in total. The summed E-state index contributed by atoms with van der Waals surface area (Å²) in [4.78, 5) is 5.19. The van der Waals surface area contributed by atoms with Crippen LogP contribution in [0.2, 0.25) is 0 Å². The van der Waals surface area contributed by atoms with Crippen molar-refractivity contribution in [3.8, 4) is 0 Å². The lowest BCUT2D eigenvalue weighted by molar-refractivity contribution is 0.0183. The number of morpholine rings is 1. The van der Waals surface area contributed by atoms with Gasteiger partial charge in [-0.3, -0.25) is 4.90 Å². The Bertz CT molecular complexity index is 335. The minimum absolute atomic E-state index is 0.147. The van der Waals surface area contributed by atoms with Crippen molar-refractivity contribution in [3.63, 3.8) is 0 Å². The van der Waals surface area contributed by atoms with Gasteiger partial charge in [-0.25, -0.2) is 0 Å². The summed E-state index contributed by atoms with van der Waals surface area (Å²) in [7, 11) is 0. The monoisotopic (exact) mass is 297 g/mol. The first kappa shape index (κ1) is 15.7. The lowest BCUT2D eigenvalue weighted by Crippen LogP contribution is -2.48. The fourth-order valence-electron chi connectivity index (χ4n) is 4.40. The normalized spacial score (nSPS) is 39.1. The van der Waals surface area contributed by atoms with Crippen LogP contribution in [-0.2, 0) is 4.74 Å². The Morgan fingerprint density at radius 2 is 2.00 bits per heavy atom. The minimum Gasteiger partial charge on any atom is -0.394 e. The number of aliphatic hydroxyl groups is 1.